The molecule has 2 amide bonds. The van der Waals surface area contributed by atoms with Gasteiger partial charge in [-0.15, -0.1) is 0 Å². The van der Waals surface area contributed by atoms with Gasteiger partial charge in [-0.1, -0.05) is 17.7 Å². The van der Waals surface area contributed by atoms with Crippen LogP contribution in [0.5, 0.6) is 0 Å². The molecular formula is C26H31ClF3N5O3. The highest BCUT2D eigenvalue weighted by Crippen LogP contribution is 2.35. The number of hydrogen-bond donors (Lipinski definition) is 1. The molecule has 0 radical (unpaired) electrons. The van der Waals surface area contributed by atoms with Gasteiger partial charge < -0.3 is 19.8 Å². The Balaban J connectivity index is 1.31. The summed E-state index contributed by atoms with van der Waals surface area (Å²) >= 11 is 6.26. The smallest absolute Gasteiger partial charge is 0.274 e. The maximum atomic E-state index is 14.3. The fourth-order valence-electron chi connectivity index (χ4n) is 5.54. The van der Waals surface area contributed by atoms with Gasteiger partial charge in [0, 0.05) is 67.5 Å². The first-order chi connectivity index (χ1) is 18.0. The number of anilines is 1. The first kappa shape index (κ1) is 26.8. The van der Waals surface area contributed by atoms with E-state index in [1.165, 1.54) is 9.58 Å². The van der Waals surface area contributed by atoms with Crippen molar-refractivity contribution in [3.8, 4) is 0 Å². The van der Waals surface area contributed by atoms with Gasteiger partial charge in [0.05, 0.1) is 12.6 Å². The van der Waals surface area contributed by atoms with Crippen LogP contribution in [-0.4, -0.2) is 94.0 Å². The monoisotopic (exact) mass is 553 g/mol. The van der Waals surface area contributed by atoms with Gasteiger partial charge in [-0.05, 0) is 37.5 Å². The SMILES string of the molecule is Cc1c(Cl)cccc1N1CCN(C(=O)Cn2nc(C(=O)N3CC[C@@H](O)[C@@H](F)C3)c3c2CCC(F)(F)C3)CC1. The summed E-state index contributed by atoms with van der Waals surface area (Å²) in [6.07, 6.45) is -3.76. The van der Waals surface area contributed by atoms with Crippen molar-refractivity contribution in [2.45, 2.75) is 57.3 Å². The van der Waals surface area contributed by atoms with Crippen LogP contribution in [-0.2, 0) is 24.2 Å². The number of aliphatic hydroxyl groups excluding tert-OH is 1. The third-order valence-corrected chi connectivity index (χ3v) is 8.23. The van der Waals surface area contributed by atoms with Crippen molar-refractivity contribution in [1.29, 1.82) is 0 Å². The summed E-state index contributed by atoms with van der Waals surface area (Å²) in [6, 6.07) is 5.73. The molecule has 1 aromatic heterocycles. The van der Waals surface area contributed by atoms with E-state index in [0.29, 0.717) is 36.9 Å². The lowest BCUT2D eigenvalue weighted by Gasteiger charge is -2.37. The van der Waals surface area contributed by atoms with Crippen LogP contribution in [0.4, 0.5) is 18.9 Å². The van der Waals surface area contributed by atoms with Gasteiger partial charge in [-0.25, -0.2) is 13.2 Å². The molecule has 3 heterocycles. The minimum absolute atomic E-state index is 0.0117. The van der Waals surface area contributed by atoms with E-state index in [-0.39, 0.29) is 49.6 Å². The number of piperidine rings is 1. The number of likely N-dealkylation sites (tertiary alicyclic amines) is 1. The Morgan fingerprint density at radius 1 is 1.16 bits per heavy atom. The molecule has 5 rings (SSSR count). The summed E-state index contributed by atoms with van der Waals surface area (Å²) in [4.78, 5) is 31.5. The number of aliphatic hydroxyl groups is 1. The number of benzene rings is 1. The zero-order valence-electron chi connectivity index (χ0n) is 21.2. The molecule has 38 heavy (non-hydrogen) atoms. The molecule has 2 saturated heterocycles. The molecule has 2 aromatic rings. The van der Waals surface area contributed by atoms with Crippen LogP contribution in [0.2, 0.25) is 5.02 Å². The average molecular weight is 554 g/mol. The van der Waals surface area contributed by atoms with Crippen LogP contribution >= 0.6 is 11.6 Å². The molecule has 12 heteroatoms. The molecule has 1 aromatic carbocycles. The number of carbonyl (C=O) groups excluding carboxylic acids is 2. The van der Waals surface area contributed by atoms with Gasteiger partial charge in [0.1, 0.15) is 12.7 Å². The number of alkyl halides is 3. The van der Waals surface area contributed by atoms with Crippen LogP contribution in [0.25, 0.3) is 0 Å². The number of rotatable bonds is 4. The van der Waals surface area contributed by atoms with E-state index < -0.39 is 36.9 Å². The maximum Gasteiger partial charge on any atom is 0.274 e. The van der Waals surface area contributed by atoms with E-state index in [1.807, 2.05) is 25.1 Å². The lowest BCUT2D eigenvalue weighted by molar-refractivity contribution is -0.132. The Morgan fingerprint density at radius 3 is 2.61 bits per heavy atom. The summed E-state index contributed by atoms with van der Waals surface area (Å²) in [5.41, 5.74) is 2.43. The van der Waals surface area contributed by atoms with Crippen molar-refractivity contribution in [1.82, 2.24) is 19.6 Å². The molecule has 0 unspecified atom stereocenters. The third kappa shape index (κ3) is 5.22. The zero-order chi connectivity index (χ0) is 27.2. The third-order valence-electron chi connectivity index (χ3n) is 7.82. The second-order valence-corrected chi connectivity index (χ2v) is 10.7. The molecular weight excluding hydrogens is 523 g/mol. The summed E-state index contributed by atoms with van der Waals surface area (Å²) < 4.78 is 44.1. The normalized spacial score (nSPS) is 23.4. The number of hydrogen-bond acceptors (Lipinski definition) is 5. The molecule has 2 aliphatic heterocycles. The second kappa shape index (κ2) is 10.4. The van der Waals surface area contributed by atoms with Gasteiger partial charge in [-0.3, -0.25) is 14.3 Å². The molecule has 2 fully saturated rings. The largest absolute Gasteiger partial charge is 0.390 e. The molecule has 206 valence electrons. The zero-order valence-corrected chi connectivity index (χ0v) is 21.9. The number of halogens is 4. The number of carbonyl (C=O) groups is 2. The fraction of sp³-hybridized carbons (Fsp3) is 0.577. The highest BCUT2D eigenvalue weighted by molar-refractivity contribution is 6.31. The maximum absolute atomic E-state index is 14.3. The summed E-state index contributed by atoms with van der Waals surface area (Å²) in [5.74, 6) is -3.85. The summed E-state index contributed by atoms with van der Waals surface area (Å²) in [7, 11) is 0. The van der Waals surface area contributed by atoms with E-state index in [1.54, 1.807) is 4.90 Å². The first-order valence-electron chi connectivity index (χ1n) is 12.9. The van der Waals surface area contributed by atoms with Crippen molar-refractivity contribution >= 4 is 29.1 Å². The lowest BCUT2D eigenvalue weighted by Crippen LogP contribution is -2.50. The van der Waals surface area contributed by atoms with Crippen LogP contribution in [0, 0.1) is 6.92 Å². The van der Waals surface area contributed by atoms with Crippen LogP contribution in [0.1, 0.15) is 40.2 Å². The Labute approximate surface area is 223 Å². The number of piperazine rings is 1. The quantitative estimate of drug-likeness (QED) is 0.630. The van der Waals surface area contributed by atoms with Crippen molar-refractivity contribution in [3.63, 3.8) is 0 Å². The Bertz CT molecular complexity index is 1230. The van der Waals surface area contributed by atoms with Crippen molar-refractivity contribution < 1.29 is 27.9 Å². The minimum Gasteiger partial charge on any atom is -0.390 e. The molecule has 3 aliphatic rings. The highest BCUT2D eigenvalue weighted by atomic mass is 35.5. The summed E-state index contributed by atoms with van der Waals surface area (Å²) in [5, 5.41) is 14.7. The van der Waals surface area contributed by atoms with Crippen LogP contribution in [0.3, 0.4) is 0 Å². The standard InChI is InChI=1S/C26H31ClF3N5O3/c1-16-18(27)3-2-4-20(16)32-9-11-33(12-10-32)23(37)15-35-21-5-7-26(29,30)13-17(21)24(31-35)25(38)34-8-6-22(36)19(28)14-34/h2-4,19,22,36H,5-15H2,1H3/t19-,22+/m0/s1. The Kier molecular flexibility index (Phi) is 7.34. The van der Waals surface area contributed by atoms with E-state index in [2.05, 4.69) is 10.00 Å². The topological polar surface area (TPSA) is 81.9 Å². The van der Waals surface area contributed by atoms with Gasteiger partial charge in [0.15, 0.2) is 5.69 Å². The highest BCUT2D eigenvalue weighted by Gasteiger charge is 2.41. The average Bonchev–Trinajstić information content (AvgIpc) is 3.23. The van der Waals surface area contributed by atoms with E-state index in [9.17, 15) is 27.9 Å². The second-order valence-electron chi connectivity index (χ2n) is 10.3. The van der Waals surface area contributed by atoms with E-state index in [0.717, 1.165) is 11.3 Å². The molecule has 0 saturated carbocycles. The predicted octanol–water partition coefficient (Wildman–Crippen LogP) is 2.86. The van der Waals surface area contributed by atoms with Crippen LogP contribution in [0.15, 0.2) is 18.2 Å². The Hall–Kier alpha value is -2.79. The van der Waals surface area contributed by atoms with Crippen molar-refractivity contribution in [2.24, 2.45) is 0 Å². The minimum atomic E-state index is -2.99. The molecule has 0 bridgehead atoms. The predicted molar refractivity (Wildman–Crippen MR) is 136 cm³/mol. The van der Waals surface area contributed by atoms with Gasteiger partial charge >= 0.3 is 0 Å². The number of fused-ring (bicyclic) bond motifs is 1. The van der Waals surface area contributed by atoms with Gasteiger partial charge in [-0.2, -0.15) is 5.10 Å². The summed E-state index contributed by atoms with van der Waals surface area (Å²) in [6.45, 7) is 3.76. The number of amides is 2. The lowest BCUT2D eigenvalue weighted by atomic mass is 9.92. The van der Waals surface area contributed by atoms with Gasteiger partial charge in [0.25, 0.3) is 11.8 Å². The first-order valence-corrected chi connectivity index (χ1v) is 13.3. The molecule has 8 nitrogen and oxygen atoms in total. The number of nitrogens with zero attached hydrogens (tertiary/aromatic N) is 5. The van der Waals surface area contributed by atoms with Crippen LogP contribution < -0.4 is 4.90 Å². The van der Waals surface area contributed by atoms with E-state index >= 15 is 0 Å². The molecule has 0 spiro atoms. The Morgan fingerprint density at radius 2 is 1.89 bits per heavy atom. The molecule has 2 atom stereocenters. The fourth-order valence-corrected chi connectivity index (χ4v) is 5.71. The molecule has 1 N–H and O–H groups in total. The van der Waals surface area contributed by atoms with E-state index in [4.69, 9.17) is 11.6 Å². The molecule has 1 aliphatic carbocycles. The van der Waals surface area contributed by atoms with Crippen molar-refractivity contribution in [3.05, 3.63) is 45.7 Å². The van der Waals surface area contributed by atoms with Crippen molar-refractivity contribution in [2.75, 3.05) is 44.2 Å². The number of aromatic nitrogens is 2. The van der Waals surface area contributed by atoms with Gasteiger partial charge in [0.2, 0.25) is 5.91 Å².